The van der Waals surface area contributed by atoms with Crippen molar-refractivity contribution in [3.8, 4) is 0 Å². The molecule has 0 spiro atoms. The molecular weight excluding hydrogens is 196 g/mol. The van der Waals surface area contributed by atoms with E-state index in [0.717, 1.165) is 6.54 Å². The topological polar surface area (TPSA) is 15.3 Å². The first-order valence-electron chi connectivity index (χ1n) is 6.89. The van der Waals surface area contributed by atoms with Crippen LogP contribution in [0.3, 0.4) is 0 Å². The van der Waals surface area contributed by atoms with E-state index in [1.807, 2.05) is 0 Å². The van der Waals surface area contributed by atoms with Gasteiger partial charge in [-0.15, -0.1) is 0 Å². The van der Waals surface area contributed by atoms with Gasteiger partial charge in [0.25, 0.3) is 0 Å². The van der Waals surface area contributed by atoms with Crippen molar-refractivity contribution in [1.82, 2.24) is 10.2 Å². The normalized spacial score (nSPS) is 25.0. The zero-order chi connectivity index (χ0) is 11.4. The van der Waals surface area contributed by atoms with Gasteiger partial charge < -0.3 is 10.2 Å². The first-order valence-corrected chi connectivity index (χ1v) is 6.89. The van der Waals surface area contributed by atoms with Crippen LogP contribution >= 0.6 is 0 Å². The van der Waals surface area contributed by atoms with Crippen LogP contribution in [0, 0.1) is 5.41 Å². The Morgan fingerprint density at radius 2 is 2.06 bits per heavy atom. The van der Waals surface area contributed by atoms with Gasteiger partial charge in [-0.2, -0.15) is 0 Å². The molecule has 92 valence electrons. The van der Waals surface area contributed by atoms with Gasteiger partial charge >= 0.3 is 0 Å². The van der Waals surface area contributed by atoms with Crippen LogP contribution in [0.15, 0.2) is 11.6 Å². The monoisotopic (exact) mass is 222 g/mol. The minimum absolute atomic E-state index is 0.669. The Labute approximate surface area is 100 Å². The van der Waals surface area contributed by atoms with Crippen LogP contribution in [-0.2, 0) is 0 Å². The number of hydrogen-bond donors (Lipinski definition) is 1. The van der Waals surface area contributed by atoms with E-state index >= 15 is 0 Å². The summed E-state index contributed by atoms with van der Waals surface area (Å²) in [5.41, 5.74) is 2.34. The van der Waals surface area contributed by atoms with Crippen molar-refractivity contribution >= 4 is 0 Å². The van der Waals surface area contributed by atoms with Gasteiger partial charge in [-0.05, 0) is 37.6 Å². The maximum Gasteiger partial charge on any atom is 0.0137 e. The molecule has 2 aliphatic rings. The van der Waals surface area contributed by atoms with Crippen molar-refractivity contribution in [1.29, 1.82) is 0 Å². The highest BCUT2D eigenvalue weighted by molar-refractivity contribution is 5.07. The average molecular weight is 222 g/mol. The smallest absolute Gasteiger partial charge is 0.0137 e. The Bertz CT molecular complexity index is 245. The van der Waals surface area contributed by atoms with Gasteiger partial charge in [0.1, 0.15) is 0 Å². The molecule has 2 nitrogen and oxygen atoms in total. The highest BCUT2D eigenvalue weighted by atomic mass is 15.2. The molecule has 0 saturated carbocycles. The van der Waals surface area contributed by atoms with Crippen LogP contribution in [0.5, 0.6) is 0 Å². The summed E-state index contributed by atoms with van der Waals surface area (Å²) < 4.78 is 0. The molecule has 0 radical (unpaired) electrons. The zero-order valence-electron chi connectivity index (χ0n) is 10.9. The fraction of sp³-hybridized carbons (Fsp3) is 0.857. The second-order valence-electron chi connectivity index (χ2n) is 5.48. The molecule has 0 bridgehead atoms. The minimum atomic E-state index is 0.669. The third-order valence-corrected chi connectivity index (χ3v) is 4.53. The second kappa shape index (κ2) is 5.33. The molecule has 1 fully saturated rings. The molecule has 0 aromatic heterocycles. The summed E-state index contributed by atoms with van der Waals surface area (Å²) in [6.45, 7) is 10.9. The van der Waals surface area contributed by atoms with E-state index in [2.05, 4.69) is 30.1 Å². The van der Waals surface area contributed by atoms with Gasteiger partial charge in [0.2, 0.25) is 0 Å². The molecule has 2 heterocycles. The molecular formula is C14H26N2. The van der Waals surface area contributed by atoms with E-state index in [1.54, 1.807) is 5.57 Å². The van der Waals surface area contributed by atoms with Crippen LogP contribution in [0.2, 0.25) is 0 Å². The third kappa shape index (κ3) is 2.67. The summed E-state index contributed by atoms with van der Waals surface area (Å²) in [6, 6.07) is 0. The fourth-order valence-electron chi connectivity index (χ4n) is 2.96. The Morgan fingerprint density at radius 1 is 1.31 bits per heavy atom. The highest BCUT2D eigenvalue weighted by Crippen LogP contribution is 2.37. The maximum atomic E-state index is 3.37. The fourth-order valence-corrected chi connectivity index (χ4v) is 2.96. The van der Waals surface area contributed by atoms with Gasteiger partial charge in [0.15, 0.2) is 0 Å². The summed E-state index contributed by atoms with van der Waals surface area (Å²) in [5, 5.41) is 3.37. The molecule has 2 aliphatic heterocycles. The van der Waals surface area contributed by atoms with Gasteiger partial charge in [-0.1, -0.05) is 25.5 Å². The first-order chi connectivity index (χ1) is 7.78. The molecule has 16 heavy (non-hydrogen) atoms. The molecule has 0 unspecified atom stereocenters. The molecule has 2 rings (SSSR count). The zero-order valence-corrected chi connectivity index (χ0v) is 10.9. The largest absolute Gasteiger partial charge is 0.313 e. The summed E-state index contributed by atoms with van der Waals surface area (Å²) in [7, 11) is 0. The Morgan fingerprint density at radius 3 is 2.62 bits per heavy atom. The van der Waals surface area contributed by atoms with Crippen LogP contribution in [0.1, 0.15) is 39.5 Å². The van der Waals surface area contributed by atoms with Crippen LogP contribution in [0.25, 0.3) is 0 Å². The molecule has 0 atom stereocenters. The Kier molecular flexibility index (Phi) is 4.04. The van der Waals surface area contributed by atoms with Gasteiger partial charge in [0.05, 0.1) is 0 Å². The molecule has 0 amide bonds. The van der Waals surface area contributed by atoms with Crippen LogP contribution in [0.4, 0.5) is 0 Å². The van der Waals surface area contributed by atoms with E-state index in [0.29, 0.717) is 5.41 Å². The predicted octanol–water partition coefficient (Wildman–Crippen LogP) is 2.42. The maximum absolute atomic E-state index is 3.37. The van der Waals surface area contributed by atoms with Crippen molar-refractivity contribution in [2.45, 2.75) is 39.5 Å². The second-order valence-corrected chi connectivity index (χ2v) is 5.48. The van der Waals surface area contributed by atoms with Gasteiger partial charge in [-0.3, -0.25) is 0 Å². The summed E-state index contributed by atoms with van der Waals surface area (Å²) in [4.78, 5) is 2.63. The standard InChI is InChI=1S/C14H26N2/c1-3-14(4-2)11-16(12-14)10-7-13-5-8-15-9-6-13/h5,15H,3-4,6-12H2,1-2H3. The van der Waals surface area contributed by atoms with Crippen molar-refractivity contribution in [2.24, 2.45) is 5.41 Å². The Hall–Kier alpha value is -0.340. The number of nitrogens with zero attached hydrogens (tertiary/aromatic N) is 1. The van der Waals surface area contributed by atoms with Crippen LogP contribution < -0.4 is 5.32 Å². The van der Waals surface area contributed by atoms with E-state index in [-0.39, 0.29) is 0 Å². The lowest BCUT2D eigenvalue weighted by atomic mass is 9.75. The average Bonchev–Trinajstić information content (AvgIpc) is 2.30. The minimum Gasteiger partial charge on any atom is -0.313 e. The predicted molar refractivity (Wildman–Crippen MR) is 69.6 cm³/mol. The lowest BCUT2D eigenvalue weighted by Crippen LogP contribution is -2.55. The molecule has 1 N–H and O–H groups in total. The first kappa shape index (κ1) is 12.1. The lowest BCUT2D eigenvalue weighted by molar-refractivity contribution is -0.00491. The van der Waals surface area contributed by atoms with Crippen molar-refractivity contribution in [2.75, 3.05) is 32.7 Å². The van der Waals surface area contributed by atoms with Crippen molar-refractivity contribution < 1.29 is 0 Å². The highest BCUT2D eigenvalue weighted by Gasteiger charge is 2.39. The summed E-state index contributed by atoms with van der Waals surface area (Å²) in [6.07, 6.45) is 7.65. The number of likely N-dealkylation sites (tertiary alicyclic amines) is 1. The number of nitrogens with one attached hydrogen (secondary N) is 1. The molecule has 1 saturated heterocycles. The van der Waals surface area contributed by atoms with Crippen molar-refractivity contribution in [3.63, 3.8) is 0 Å². The Balaban J connectivity index is 1.67. The molecule has 0 aliphatic carbocycles. The summed E-state index contributed by atoms with van der Waals surface area (Å²) >= 11 is 0. The van der Waals surface area contributed by atoms with Crippen LogP contribution in [-0.4, -0.2) is 37.6 Å². The van der Waals surface area contributed by atoms with Gasteiger partial charge in [0, 0.05) is 26.2 Å². The van der Waals surface area contributed by atoms with E-state index in [9.17, 15) is 0 Å². The summed E-state index contributed by atoms with van der Waals surface area (Å²) in [5.74, 6) is 0. The van der Waals surface area contributed by atoms with Crippen molar-refractivity contribution in [3.05, 3.63) is 11.6 Å². The quantitative estimate of drug-likeness (QED) is 0.719. The molecule has 0 aromatic rings. The third-order valence-electron chi connectivity index (χ3n) is 4.53. The lowest BCUT2D eigenvalue weighted by Gasteiger charge is -2.50. The molecule has 0 aromatic carbocycles. The van der Waals surface area contributed by atoms with E-state index < -0.39 is 0 Å². The van der Waals surface area contributed by atoms with Gasteiger partial charge in [-0.25, -0.2) is 0 Å². The number of hydrogen-bond acceptors (Lipinski definition) is 2. The van der Waals surface area contributed by atoms with E-state index in [1.165, 1.54) is 51.9 Å². The SMILES string of the molecule is CCC1(CC)CN(CCC2=CCNCC2)C1. The van der Waals surface area contributed by atoms with E-state index in [4.69, 9.17) is 0 Å². The molecule has 2 heteroatoms. The number of rotatable bonds is 5.